The number of carboxylic acids is 1. The largest absolute Gasteiger partial charge is 0.493 e. The van der Waals surface area contributed by atoms with Gasteiger partial charge in [0, 0.05) is 11.2 Å². The molecule has 0 unspecified atom stereocenters. The highest BCUT2D eigenvalue weighted by molar-refractivity contribution is 14.1. The molecule has 0 heterocycles. The summed E-state index contributed by atoms with van der Waals surface area (Å²) in [5, 5.41) is 9.67. The summed E-state index contributed by atoms with van der Waals surface area (Å²) in [5.74, 6) is 0.257. The number of carboxylic acid groups (broad SMARTS) is 1. The molecule has 0 amide bonds. The van der Waals surface area contributed by atoms with Gasteiger partial charge in [-0.2, -0.15) is 0 Å². The zero-order valence-corrected chi connectivity index (χ0v) is 19.3. The predicted molar refractivity (Wildman–Crippen MR) is 127 cm³/mol. The molecule has 5 nitrogen and oxygen atoms in total. The van der Waals surface area contributed by atoms with Crippen molar-refractivity contribution in [2.75, 3.05) is 7.11 Å². The molecule has 3 aromatic rings. The van der Waals surface area contributed by atoms with E-state index in [-0.39, 0.29) is 5.56 Å². The van der Waals surface area contributed by atoms with E-state index in [0.29, 0.717) is 23.1 Å². The molecule has 3 rings (SSSR count). The van der Waals surface area contributed by atoms with Gasteiger partial charge < -0.3 is 14.6 Å². The molecule has 7 heteroatoms. The molecule has 1 N–H and O–H groups in total. The van der Waals surface area contributed by atoms with Crippen LogP contribution in [0.1, 0.15) is 27.0 Å². The van der Waals surface area contributed by atoms with Gasteiger partial charge in [0.1, 0.15) is 6.61 Å². The molecule has 3 aromatic carbocycles. The third-order valence-electron chi connectivity index (χ3n) is 4.35. The minimum Gasteiger partial charge on any atom is -0.493 e. The summed E-state index contributed by atoms with van der Waals surface area (Å²) < 4.78 is 12.3. The van der Waals surface area contributed by atoms with Crippen molar-refractivity contribution in [1.82, 2.24) is 0 Å². The molecule has 0 spiro atoms. The van der Waals surface area contributed by atoms with Gasteiger partial charge in [0.2, 0.25) is 0 Å². The van der Waals surface area contributed by atoms with Gasteiger partial charge in [0.05, 0.1) is 21.9 Å². The maximum Gasteiger partial charge on any atom is 0.335 e. The van der Waals surface area contributed by atoms with Crippen molar-refractivity contribution in [3.8, 4) is 11.5 Å². The molecule has 0 aromatic heterocycles. The summed E-state index contributed by atoms with van der Waals surface area (Å²) in [7, 11) is 1.58. The van der Waals surface area contributed by atoms with E-state index in [1.807, 2.05) is 37.3 Å². The summed E-state index contributed by atoms with van der Waals surface area (Å²) in [4.78, 5) is 15.4. The lowest BCUT2D eigenvalue weighted by atomic mass is 10.1. The van der Waals surface area contributed by atoms with E-state index in [0.717, 1.165) is 25.9 Å². The number of aliphatic imine (C=N–C) groups is 1. The molecular weight excluding hydrogens is 517 g/mol. The average Bonchev–Trinajstić information content (AvgIpc) is 2.73. The van der Waals surface area contributed by atoms with Gasteiger partial charge in [-0.25, -0.2) is 4.79 Å². The summed E-state index contributed by atoms with van der Waals surface area (Å²) in [5.41, 5.74) is 3.74. The molecule has 0 saturated heterocycles. The van der Waals surface area contributed by atoms with Gasteiger partial charge in [-0.05, 0) is 82.6 Å². The van der Waals surface area contributed by atoms with Gasteiger partial charge in [0.25, 0.3) is 0 Å². The van der Waals surface area contributed by atoms with Crippen LogP contribution in [0.3, 0.4) is 0 Å². The van der Waals surface area contributed by atoms with Crippen molar-refractivity contribution in [1.29, 1.82) is 0 Å². The molecule has 0 radical (unpaired) electrons. The molecule has 30 heavy (non-hydrogen) atoms. The molecule has 0 fully saturated rings. The molecule has 0 saturated carbocycles. The van der Waals surface area contributed by atoms with Crippen LogP contribution in [-0.4, -0.2) is 24.4 Å². The number of nitrogens with zero attached hydrogens (tertiary/aromatic N) is 1. The molecule has 0 bridgehead atoms. The third kappa shape index (κ3) is 5.52. The van der Waals surface area contributed by atoms with E-state index in [1.165, 1.54) is 0 Å². The number of halogens is 2. The van der Waals surface area contributed by atoms with Gasteiger partial charge in [0.15, 0.2) is 11.5 Å². The van der Waals surface area contributed by atoms with Crippen molar-refractivity contribution >= 4 is 52.1 Å². The lowest BCUT2D eigenvalue weighted by Gasteiger charge is -2.13. The van der Waals surface area contributed by atoms with E-state index < -0.39 is 5.97 Å². The first kappa shape index (κ1) is 22.1. The maximum atomic E-state index is 11.0. The van der Waals surface area contributed by atoms with Crippen LogP contribution in [0.2, 0.25) is 5.02 Å². The minimum absolute atomic E-state index is 0.240. The Hall–Kier alpha value is -2.58. The highest BCUT2D eigenvalue weighted by Crippen LogP contribution is 2.34. The zero-order valence-electron chi connectivity index (χ0n) is 16.4. The highest BCUT2D eigenvalue weighted by Gasteiger charge is 2.12. The number of ether oxygens (including phenoxy) is 2. The quantitative estimate of drug-likeness (QED) is 0.285. The number of hydrogen-bond donors (Lipinski definition) is 1. The first-order valence-electron chi connectivity index (χ1n) is 9.00. The average molecular weight is 536 g/mol. The monoisotopic (exact) mass is 535 g/mol. The minimum atomic E-state index is -0.955. The van der Waals surface area contributed by atoms with Gasteiger partial charge in [-0.1, -0.05) is 29.8 Å². The number of rotatable bonds is 7. The fraction of sp³-hybridized carbons (Fsp3) is 0.130. The van der Waals surface area contributed by atoms with Crippen molar-refractivity contribution in [3.63, 3.8) is 0 Å². The lowest BCUT2D eigenvalue weighted by molar-refractivity contribution is 0.0697. The lowest BCUT2D eigenvalue weighted by Crippen LogP contribution is -2.02. The summed E-state index contributed by atoms with van der Waals surface area (Å²) >= 11 is 8.35. The fourth-order valence-corrected chi connectivity index (χ4v) is 3.62. The van der Waals surface area contributed by atoms with E-state index in [1.54, 1.807) is 37.6 Å². The predicted octanol–water partition coefficient (Wildman–Crippen LogP) is 6.29. The summed E-state index contributed by atoms with van der Waals surface area (Å²) in [6, 6.07) is 16.0. The molecule has 0 aliphatic rings. The van der Waals surface area contributed by atoms with Crippen LogP contribution in [0.5, 0.6) is 11.5 Å². The normalized spacial score (nSPS) is 10.9. The van der Waals surface area contributed by atoms with Gasteiger partial charge >= 0.3 is 5.97 Å². The Morgan fingerprint density at radius 1 is 1.17 bits per heavy atom. The smallest absolute Gasteiger partial charge is 0.335 e. The van der Waals surface area contributed by atoms with Crippen LogP contribution >= 0.6 is 34.2 Å². The van der Waals surface area contributed by atoms with Crippen LogP contribution in [0, 0.1) is 10.5 Å². The Morgan fingerprint density at radius 2 is 1.90 bits per heavy atom. The molecule has 0 aliphatic heterocycles. The SMILES string of the molecule is COc1cc(C=Nc2ccc(C)c(Cl)c2)cc(I)c1OCc1ccc(C(=O)O)cc1. The summed E-state index contributed by atoms with van der Waals surface area (Å²) in [6.45, 7) is 2.24. The second kappa shape index (κ2) is 9.95. The molecule has 0 atom stereocenters. The van der Waals surface area contributed by atoms with E-state index in [9.17, 15) is 4.79 Å². The number of hydrogen-bond acceptors (Lipinski definition) is 4. The second-order valence-electron chi connectivity index (χ2n) is 6.52. The number of carbonyl (C=O) groups is 1. The maximum absolute atomic E-state index is 11.0. The Bertz CT molecular complexity index is 1100. The third-order valence-corrected chi connectivity index (χ3v) is 5.56. The fourth-order valence-electron chi connectivity index (χ4n) is 2.66. The van der Waals surface area contributed by atoms with Gasteiger partial charge in [-0.3, -0.25) is 4.99 Å². The number of methoxy groups -OCH3 is 1. The Balaban J connectivity index is 1.77. The van der Waals surface area contributed by atoms with E-state index in [2.05, 4.69) is 27.6 Å². The van der Waals surface area contributed by atoms with E-state index in [4.69, 9.17) is 26.2 Å². The van der Waals surface area contributed by atoms with Gasteiger partial charge in [-0.15, -0.1) is 0 Å². The van der Waals surface area contributed by atoms with Crippen LogP contribution in [-0.2, 0) is 6.61 Å². The first-order chi connectivity index (χ1) is 14.4. The molecule has 0 aliphatic carbocycles. The molecular formula is C23H19ClINO4. The first-order valence-corrected chi connectivity index (χ1v) is 10.5. The Kier molecular flexibility index (Phi) is 7.33. The Morgan fingerprint density at radius 3 is 2.53 bits per heavy atom. The molecule has 154 valence electrons. The zero-order chi connectivity index (χ0) is 21.7. The van der Waals surface area contributed by atoms with Crippen LogP contribution in [0.4, 0.5) is 5.69 Å². The topological polar surface area (TPSA) is 68.1 Å². The van der Waals surface area contributed by atoms with Crippen LogP contribution in [0.25, 0.3) is 0 Å². The van der Waals surface area contributed by atoms with Crippen molar-refractivity contribution in [2.24, 2.45) is 4.99 Å². The van der Waals surface area contributed by atoms with E-state index >= 15 is 0 Å². The number of aromatic carboxylic acids is 1. The summed E-state index contributed by atoms with van der Waals surface area (Å²) in [6.07, 6.45) is 1.75. The van der Waals surface area contributed by atoms with Crippen molar-refractivity contribution in [2.45, 2.75) is 13.5 Å². The second-order valence-corrected chi connectivity index (χ2v) is 8.09. The highest BCUT2D eigenvalue weighted by atomic mass is 127. The van der Waals surface area contributed by atoms with Crippen molar-refractivity contribution < 1.29 is 19.4 Å². The number of aryl methyl sites for hydroxylation is 1. The Labute approximate surface area is 193 Å². The van der Waals surface area contributed by atoms with Crippen LogP contribution < -0.4 is 9.47 Å². The van der Waals surface area contributed by atoms with Crippen molar-refractivity contribution in [3.05, 3.63) is 85.4 Å². The van der Waals surface area contributed by atoms with Crippen LogP contribution in [0.15, 0.2) is 59.6 Å². The number of benzene rings is 3. The standard InChI is InChI=1S/C23H19ClINO4/c1-14-3-8-18(11-19(14)24)26-12-16-9-20(25)22(21(10-16)29-2)30-13-15-4-6-17(7-5-15)23(27)28/h3-12H,13H2,1-2H3,(H,27,28).